The lowest BCUT2D eigenvalue weighted by atomic mass is 10.1. The fraction of sp³-hybridized carbons (Fsp3) is 0.235. The van der Waals surface area contributed by atoms with E-state index in [1.807, 2.05) is 6.07 Å². The number of carbonyl (C=O) groups is 2. The Morgan fingerprint density at radius 1 is 1.13 bits per heavy atom. The second kappa shape index (κ2) is 7.93. The van der Waals surface area contributed by atoms with Crippen molar-refractivity contribution in [3.8, 4) is 0 Å². The Balaban J connectivity index is 1.86. The molecule has 1 aromatic heterocycles. The van der Waals surface area contributed by atoms with E-state index in [2.05, 4.69) is 10.6 Å². The van der Waals surface area contributed by atoms with Gasteiger partial charge in [0.15, 0.2) is 0 Å². The van der Waals surface area contributed by atoms with Gasteiger partial charge in [0, 0.05) is 44.4 Å². The van der Waals surface area contributed by atoms with E-state index in [9.17, 15) is 14.4 Å². The molecular formula is C17H19N3O3. The van der Waals surface area contributed by atoms with Gasteiger partial charge in [0.1, 0.15) is 0 Å². The quantitative estimate of drug-likeness (QED) is 0.832. The Hall–Kier alpha value is -2.89. The van der Waals surface area contributed by atoms with Gasteiger partial charge in [-0.25, -0.2) is 0 Å². The number of hydrogen-bond acceptors (Lipinski definition) is 3. The summed E-state index contributed by atoms with van der Waals surface area (Å²) in [4.78, 5) is 35.0. The van der Waals surface area contributed by atoms with Gasteiger partial charge in [-0.3, -0.25) is 14.4 Å². The fourth-order valence-corrected chi connectivity index (χ4v) is 2.12. The molecule has 23 heavy (non-hydrogen) atoms. The van der Waals surface area contributed by atoms with Crippen LogP contribution in [0.3, 0.4) is 0 Å². The maximum Gasteiger partial charge on any atom is 0.251 e. The molecule has 0 spiro atoms. The summed E-state index contributed by atoms with van der Waals surface area (Å²) in [6.45, 7) is 0.678. The topological polar surface area (TPSA) is 80.2 Å². The van der Waals surface area contributed by atoms with Crippen molar-refractivity contribution in [2.75, 3.05) is 7.05 Å². The van der Waals surface area contributed by atoms with Gasteiger partial charge in [-0.15, -0.1) is 0 Å². The minimum atomic E-state index is -0.165. The third-order valence-corrected chi connectivity index (χ3v) is 3.38. The average Bonchev–Trinajstić information content (AvgIpc) is 2.58. The molecule has 0 bridgehead atoms. The molecular weight excluding hydrogens is 294 g/mol. The minimum Gasteiger partial charge on any atom is -0.355 e. The van der Waals surface area contributed by atoms with Crippen LogP contribution in [0.1, 0.15) is 22.3 Å². The van der Waals surface area contributed by atoms with Crippen molar-refractivity contribution in [3.63, 3.8) is 0 Å². The largest absolute Gasteiger partial charge is 0.355 e. The van der Waals surface area contributed by atoms with E-state index in [1.54, 1.807) is 43.6 Å². The van der Waals surface area contributed by atoms with Crippen molar-refractivity contribution in [3.05, 3.63) is 70.1 Å². The highest BCUT2D eigenvalue weighted by Crippen LogP contribution is 2.05. The zero-order valence-corrected chi connectivity index (χ0v) is 12.9. The fourth-order valence-electron chi connectivity index (χ4n) is 2.12. The molecule has 6 nitrogen and oxygen atoms in total. The van der Waals surface area contributed by atoms with E-state index >= 15 is 0 Å². The molecule has 6 heteroatoms. The van der Waals surface area contributed by atoms with Crippen LogP contribution in [0.4, 0.5) is 0 Å². The number of benzene rings is 1. The van der Waals surface area contributed by atoms with E-state index < -0.39 is 0 Å². The Morgan fingerprint density at radius 3 is 2.70 bits per heavy atom. The number of hydrogen-bond donors (Lipinski definition) is 2. The summed E-state index contributed by atoms with van der Waals surface area (Å²) in [5.74, 6) is -0.312. The molecule has 0 saturated carbocycles. The number of pyridine rings is 1. The van der Waals surface area contributed by atoms with Crippen molar-refractivity contribution in [2.45, 2.75) is 19.5 Å². The summed E-state index contributed by atoms with van der Waals surface area (Å²) in [7, 11) is 1.57. The monoisotopic (exact) mass is 313 g/mol. The third kappa shape index (κ3) is 4.81. The number of nitrogens with zero attached hydrogens (tertiary/aromatic N) is 1. The highest BCUT2D eigenvalue weighted by atomic mass is 16.2. The Labute approximate surface area is 134 Å². The van der Waals surface area contributed by atoms with Gasteiger partial charge in [0.2, 0.25) is 5.91 Å². The molecule has 2 rings (SSSR count). The normalized spacial score (nSPS) is 10.1. The predicted molar refractivity (Wildman–Crippen MR) is 87.0 cm³/mol. The maximum atomic E-state index is 11.9. The highest BCUT2D eigenvalue weighted by Gasteiger charge is 2.06. The molecule has 0 aliphatic rings. The predicted octanol–water partition coefficient (Wildman–Crippen LogP) is 0.914. The molecule has 0 aliphatic heterocycles. The SMILES string of the molecule is CNC(=O)c1cccc(CNC(=O)CCn2ccccc2=O)c1. The molecule has 2 aromatic rings. The van der Waals surface area contributed by atoms with Gasteiger partial charge < -0.3 is 15.2 Å². The average molecular weight is 313 g/mol. The van der Waals surface area contributed by atoms with Gasteiger partial charge in [-0.1, -0.05) is 18.2 Å². The van der Waals surface area contributed by atoms with Crippen LogP contribution < -0.4 is 16.2 Å². The maximum absolute atomic E-state index is 11.9. The first kappa shape index (κ1) is 16.5. The van der Waals surface area contributed by atoms with Gasteiger partial charge in [-0.05, 0) is 23.8 Å². The smallest absolute Gasteiger partial charge is 0.251 e. The molecule has 2 N–H and O–H groups in total. The highest BCUT2D eigenvalue weighted by molar-refractivity contribution is 5.94. The van der Waals surface area contributed by atoms with E-state index in [0.29, 0.717) is 18.7 Å². The summed E-state index contributed by atoms with van der Waals surface area (Å²) in [5.41, 5.74) is 1.27. The Kier molecular flexibility index (Phi) is 5.68. The second-order valence-corrected chi connectivity index (χ2v) is 5.04. The number of carbonyl (C=O) groups excluding carboxylic acids is 2. The number of amides is 2. The zero-order valence-electron chi connectivity index (χ0n) is 12.9. The summed E-state index contributed by atoms with van der Waals surface area (Å²) in [6, 6.07) is 11.9. The van der Waals surface area contributed by atoms with Crippen LogP contribution in [-0.2, 0) is 17.9 Å². The number of aromatic nitrogens is 1. The first-order chi connectivity index (χ1) is 11.1. The van der Waals surface area contributed by atoms with Crippen molar-refractivity contribution < 1.29 is 9.59 Å². The molecule has 2 amide bonds. The molecule has 0 unspecified atom stereocenters. The number of nitrogens with one attached hydrogen (secondary N) is 2. The van der Waals surface area contributed by atoms with Gasteiger partial charge in [-0.2, -0.15) is 0 Å². The lowest BCUT2D eigenvalue weighted by molar-refractivity contribution is -0.121. The molecule has 0 fully saturated rings. The number of rotatable bonds is 6. The van der Waals surface area contributed by atoms with E-state index in [1.165, 1.54) is 10.6 Å². The molecule has 0 saturated heterocycles. The summed E-state index contributed by atoms with van der Waals surface area (Å²) >= 11 is 0. The lowest BCUT2D eigenvalue weighted by Gasteiger charge is -2.08. The summed E-state index contributed by atoms with van der Waals surface area (Å²) in [5, 5.41) is 5.35. The molecule has 1 heterocycles. The van der Waals surface area contributed by atoms with Crippen LogP contribution in [0.2, 0.25) is 0 Å². The van der Waals surface area contributed by atoms with Crippen molar-refractivity contribution >= 4 is 11.8 Å². The van der Waals surface area contributed by atoms with Crippen LogP contribution in [0.25, 0.3) is 0 Å². The van der Waals surface area contributed by atoms with Crippen LogP contribution >= 0.6 is 0 Å². The summed E-state index contributed by atoms with van der Waals surface area (Å²) in [6.07, 6.45) is 1.88. The van der Waals surface area contributed by atoms with Crippen LogP contribution in [0.5, 0.6) is 0 Å². The molecule has 120 valence electrons. The molecule has 0 atom stereocenters. The van der Waals surface area contributed by atoms with E-state index in [0.717, 1.165) is 5.56 Å². The molecule has 1 aromatic carbocycles. The first-order valence-electron chi connectivity index (χ1n) is 7.33. The lowest BCUT2D eigenvalue weighted by Crippen LogP contribution is -2.26. The van der Waals surface area contributed by atoms with Crippen LogP contribution in [0, 0.1) is 0 Å². The standard InChI is InChI=1S/C17H19N3O3/c1-18-17(23)14-6-4-5-13(11-14)12-19-15(21)8-10-20-9-3-2-7-16(20)22/h2-7,9,11H,8,10,12H2,1H3,(H,18,23)(H,19,21). The van der Waals surface area contributed by atoms with Gasteiger partial charge >= 0.3 is 0 Å². The first-order valence-corrected chi connectivity index (χ1v) is 7.33. The minimum absolute atomic E-state index is 0.126. The van der Waals surface area contributed by atoms with E-state index in [4.69, 9.17) is 0 Å². The second-order valence-electron chi connectivity index (χ2n) is 5.04. The molecule has 0 aliphatic carbocycles. The Bertz CT molecular complexity index is 752. The molecule has 0 radical (unpaired) electrons. The number of aryl methyl sites for hydroxylation is 1. The van der Waals surface area contributed by atoms with Gasteiger partial charge in [0.05, 0.1) is 0 Å². The zero-order chi connectivity index (χ0) is 16.7. The van der Waals surface area contributed by atoms with Gasteiger partial charge in [0.25, 0.3) is 11.5 Å². The van der Waals surface area contributed by atoms with Crippen LogP contribution in [0.15, 0.2) is 53.5 Å². The summed E-state index contributed by atoms with van der Waals surface area (Å²) < 4.78 is 1.49. The van der Waals surface area contributed by atoms with Crippen molar-refractivity contribution in [1.82, 2.24) is 15.2 Å². The Morgan fingerprint density at radius 2 is 1.96 bits per heavy atom. The van der Waals surface area contributed by atoms with Crippen molar-refractivity contribution in [2.24, 2.45) is 0 Å². The third-order valence-electron chi connectivity index (χ3n) is 3.38. The van der Waals surface area contributed by atoms with E-state index in [-0.39, 0.29) is 23.8 Å². The van der Waals surface area contributed by atoms with Crippen LogP contribution in [-0.4, -0.2) is 23.4 Å². The van der Waals surface area contributed by atoms with Crippen molar-refractivity contribution in [1.29, 1.82) is 0 Å².